The third kappa shape index (κ3) is 7.71. The largest absolute Gasteiger partial charge is 0.483 e. The van der Waals surface area contributed by atoms with E-state index < -0.39 is 6.04 Å². The highest BCUT2D eigenvalue weighted by atomic mass is 16.5. The predicted octanol–water partition coefficient (Wildman–Crippen LogP) is 5.24. The SMILES string of the molecule is CCC(C)NC(=O)C(Cc1ccccc1)N(Cc1ccccc1)C(=O)COc1cc(C)ccc1C. The van der Waals surface area contributed by atoms with Gasteiger partial charge in [-0.15, -0.1) is 0 Å². The molecule has 3 aromatic rings. The Hall–Kier alpha value is -3.60. The highest BCUT2D eigenvalue weighted by Gasteiger charge is 2.31. The van der Waals surface area contributed by atoms with E-state index in [1.807, 2.05) is 107 Å². The van der Waals surface area contributed by atoms with Gasteiger partial charge in [-0.05, 0) is 55.5 Å². The number of benzene rings is 3. The van der Waals surface area contributed by atoms with Gasteiger partial charge in [0.05, 0.1) is 0 Å². The number of carbonyl (C=O) groups is 2. The van der Waals surface area contributed by atoms with Gasteiger partial charge in [-0.3, -0.25) is 9.59 Å². The zero-order valence-electron chi connectivity index (χ0n) is 21.2. The molecule has 0 saturated heterocycles. The van der Waals surface area contributed by atoms with Crippen LogP contribution in [0.1, 0.15) is 42.5 Å². The van der Waals surface area contributed by atoms with E-state index in [0.717, 1.165) is 28.7 Å². The maximum atomic E-state index is 13.6. The number of rotatable bonds is 11. The van der Waals surface area contributed by atoms with Crippen LogP contribution < -0.4 is 10.1 Å². The lowest BCUT2D eigenvalue weighted by molar-refractivity contribution is -0.143. The fourth-order valence-corrected chi connectivity index (χ4v) is 3.86. The van der Waals surface area contributed by atoms with Crippen molar-refractivity contribution in [3.8, 4) is 5.75 Å². The summed E-state index contributed by atoms with van der Waals surface area (Å²) in [6.07, 6.45) is 1.23. The topological polar surface area (TPSA) is 58.6 Å². The third-order valence-electron chi connectivity index (χ3n) is 6.16. The van der Waals surface area contributed by atoms with Crippen LogP contribution in [0.3, 0.4) is 0 Å². The first-order valence-electron chi connectivity index (χ1n) is 12.2. The van der Waals surface area contributed by atoms with Gasteiger partial charge in [0.1, 0.15) is 11.8 Å². The van der Waals surface area contributed by atoms with E-state index in [1.165, 1.54) is 0 Å². The summed E-state index contributed by atoms with van der Waals surface area (Å²) < 4.78 is 5.96. The molecule has 0 aliphatic rings. The van der Waals surface area contributed by atoms with Gasteiger partial charge in [-0.1, -0.05) is 79.7 Å². The van der Waals surface area contributed by atoms with E-state index >= 15 is 0 Å². The van der Waals surface area contributed by atoms with E-state index in [0.29, 0.717) is 18.7 Å². The molecule has 0 radical (unpaired) electrons. The minimum absolute atomic E-state index is 0.0145. The summed E-state index contributed by atoms with van der Waals surface area (Å²) in [5, 5.41) is 3.09. The monoisotopic (exact) mass is 472 g/mol. The van der Waals surface area contributed by atoms with E-state index in [9.17, 15) is 9.59 Å². The van der Waals surface area contributed by atoms with E-state index in [4.69, 9.17) is 4.74 Å². The standard InChI is InChI=1S/C30H36N2O3/c1-5-24(4)31-30(34)27(19-25-12-8-6-9-13-25)32(20-26-14-10-7-11-15-26)29(33)21-35-28-18-22(2)16-17-23(28)3/h6-18,24,27H,5,19-21H2,1-4H3,(H,31,34). The Kier molecular flexibility index (Phi) is 9.47. The van der Waals surface area contributed by atoms with E-state index in [2.05, 4.69) is 5.32 Å². The van der Waals surface area contributed by atoms with Gasteiger partial charge in [-0.25, -0.2) is 0 Å². The zero-order chi connectivity index (χ0) is 25.2. The maximum Gasteiger partial charge on any atom is 0.261 e. The van der Waals surface area contributed by atoms with E-state index in [-0.39, 0.29) is 24.5 Å². The summed E-state index contributed by atoms with van der Waals surface area (Å²) >= 11 is 0. The number of carbonyl (C=O) groups excluding carboxylic acids is 2. The average molecular weight is 473 g/mol. The van der Waals surface area contributed by atoms with Gasteiger partial charge in [0.15, 0.2) is 6.61 Å². The fourth-order valence-electron chi connectivity index (χ4n) is 3.86. The second-order valence-corrected chi connectivity index (χ2v) is 9.09. The van der Waals surface area contributed by atoms with Gasteiger partial charge in [0.2, 0.25) is 5.91 Å². The van der Waals surface area contributed by atoms with Crippen molar-refractivity contribution < 1.29 is 14.3 Å². The molecule has 184 valence electrons. The van der Waals surface area contributed by atoms with Crippen LogP contribution in [-0.4, -0.2) is 35.4 Å². The molecule has 5 heteroatoms. The first-order valence-corrected chi connectivity index (χ1v) is 12.2. The molecule has 2 atom stereocenters. The molecule has 3 rings (SSSR count). The molecule has 1 N–H and O–H groups in total. The molecular formula is C30H36N2O3. The van der Waals surface area contributed by atoms with Crippen LogP contribution in [0.5, 0.6) is 5.75 Å². The first-order chi connectivity index (χ1) is 16.9. The lowest BCUT2D eigenvalue weighted by Crippen LogP contribution is -2.53. The molecule has 0 spiro atoms. The summed E-state index contributed by atoms with van der Waals surface area (Å²) in [6, 6.07) is 24.9. The Labute approximate surface area is 209 Å². The van der Waals surface area contributed by atoms with Gasteiger partial charge < -0.3 is 15.0 Å². The molecule has 35 heavy (non-hydrogen) atoms. The summed E-state index contributed by atoms with van der Waals surface area (Å²) in [4.78, 5) is 28.8. The minimum atomic E-state index is -0.665. The molecule has 0 heterocycles. The van der Waals surface area contributed by atoms with Crippen molar-refractivity contribution in [2.45, 2.75) is 59.2 Å². The number of aryl methyl sites for hydroxylation is 2. The summed E-state index contributed by atoms with van der Waals surface area (Å²) in [7, 11) is 0. The van der Waals surface area contributed by atoms with Crippen LogP contribution in [0.25, 0.3) is 0 Å². The number of ether oxygens (including phenoxy) is 1. The van der Waals surface area contributed by atoms with Crippen LogP contribution in [0.4, 0.5) is 0 Å². The quantitative estimate of drug-likeness (QED) is 0.415. The molecule has 5 nitrogen and oxygen atoms in total. The van der Waals surface area contributed by atoms with Crippen molar-refractivity contribution >= 4 is 11.8 Å². The zero-order valence-corrected chi connectivity index (χ0v) is 21.2. The van der Waals surface area contributed by atoms with Crippen molar-refractivity contribution in [2.24, 2.45) is 0 Å². The number of nitrogens with one attached hydrogen (secondary N) is 1. The third-order valence-corrected chi connectivity index (χ3v) is 6.16. The Bertz CT molecular complexity index is 1100. The van der Waals surface area contributed by atoms with Crippen molar-refractivity contribution in [1.82, 2.24) is 10.2 Å². The lowest BCUT2D eigenvalue weighted by atomic mass is 10.0. The minimum Gasteiger partial charge on any atom is -0.483 e. The number of nitrogens with zero attached hydrogens (tertiary/aromatic N) is 1. The molecular weight excluding hydrogens is 436 g/mol. The molecule has 0 bridgehead atoms. The molecule has 2 amide bonds. The van der Waals surface area contributed by atoms with Crippen LogP contribution >= 0.6 is 0 Å². The Morgan fingerprint density at radius 1 is 0.914 bits per heavy atom. The highest BCUT2D eigenvalue weighted by molar-refractivity contribution is 5.88. The average Bonchev–Trinajstić information content (AvgIpc) is 2.87. The van der Waals surface area contributed by atoms with Gasteiger partial charge in [0.25, 0.3) is 5.91 Å². The Morgan fingerprint density at radius 3 is 2.17 bits per heavy atom. The second-order valence-electron chi connectivity index (χ2n) is 9.09. The number of hydrogen-bond acceptors (Lipinski definition) is 3. The smallest absolute Gasteiger partial charge is 0.261 e. The van der Waals surface area contributed by atoms with Crippen LogP contribution in [0.2, 0.25) is 0 Å². The van der Waals surface area contributed by atoms with Crippen LogP contribution in [0.15, 0.2) is 78.9 Å². The molecule has 3 aromatic carbocycles. The second kappa shape index (κ2) is 12.7. The van der Waals surface area contributed by atoms with Gasteiger partial charge in [0, 0.05) is 19.0 Å². The lowest BCUT2D eigenvalue weighted by Gasteiger charge is -2.32. The van der Waals surface area contributed by atoms with Gasteiger partial charge in [-0.2, -0.15) is 0 Å². The number of hydrogen-bond donors (Lipinski definition) is 1. The predicted molar refractivity (Wildman–Crippen MR) is 140 cm³/mol. The number of amides is 2. The highest BCUT2D eigenvalue weighted by Crippen LogP contribution is 2.20. The van der Waals surface area contributed by atoms with Crippen LogP contribution in [-0.2, 0) is 22.6 Å². The Morgan fingerprint density at radius 2 is 1.54 bits per heavy atom. The molecule has 0 aromatic heterocycles. The molecule has 0 aliphatic carbocycles. The van der Waals surface area contributed by atoms with Crippen LogP contribution in [0, 0.1) is 13.8 Å². The Balaban J connectivity index is 1.91. The summed E-state index contributed by atoms with van der Waals surface area (Å²) in [5.74, 6) is 0.302. The van der Waals surface area contributed by atoms with E-state index in [1.54, 1.807) is 4.90 Å². The molecule has 0 fully saturated rings. The first kappa shape index (κ1) is 26.0. The maximum absolute atomic E-state index is 13.6. The summed E-state index contributed by atoms with van der Waals surface area (Å²) in [6.45, 7) is 8.14. The van der Waals surface area contributed by atoms with Crippen molar-refractivity contribution in [3.63, 3.8) is 0 Å². The fraction of sp³-hybridized carbons (Fsp3) is 0.333. The van der Waals surface area contributed by atoms with Crippen molar-refractivity contribution in [2.75, 3.05) is 6.61 Å². The summed E-state index contributed by atoms with van der Waals surface area (Å²) in [5.41, 5.74) is 3.99. The molecule has 0 saturated carbocycles. The van der Waals surface area contributed by atoms with Gasteiger partial charge >= 0.3 is 0 Å². The molecule has 0 aliphatic heterocycles. The van der Waals surface area contributed by atoms with Crippen molar-refractivity contribution in [3.05, 3.63) is 101 Å². The molecule has 2 unspecified atom stereocenters. The van der Waals surface area contributed by atoms with Crippen molar-refractivity contribution in [1.29, 1.82) is 0 Å². The normalized spacial score (nSPS) is 12.5.